The van der Waals surface area contributed by atoms with E-state index in [1.807, 2.05) is 6.07 Å². The molecule has 1 N–H and O–H groups in total. The van der Waals surface area contributed by atoms with E-state index in [-0.39, 0.29) is 5.54 Å². The first-order valence-corrected chi connectivity index (χ1v) is 8.20. The van der Waals surface area contributed by atoms with E-state index in [0.717, 1.165) is 23.4 Å². The van der Waals surface area contributed by atoms with Crippen LogP contribution in [0.3, 0.4) is 0 Å². The molecule has 0 aromatic heterocycles. The fraction of sp³-hybridized carbons (Fsp3) is 0.444. The average molecular weight is 350 g/mol. The van der Waals surface area contributed by atoms with Gasteiger partial charge in [0.2, 0.25) is 0 Å². The van der Waals surface area contributed by atoms with Crippen molar-refractivity contribution in [3.8, 4) is 5.75 Å². The molecule has 2 nitrogen and oxygen atoms in total. The van der Waals surface area contributed by atoms with Crippen LogP contribution in [0.25, 0.3) is 10.8 Å². The third kappa shape index (κ3) is 5.33. The van der Waals surface area contributed by atoms with Gasteiger partial charge < -0.3 is 10.1 Å². The van der Waals surface area contributed by atoms with Gasteiger partial charge in [0, 0.05) is 22.5 Å². The van der Waals surface area contributed by atoms with Crippen LogP contribution in [0.5, 0.6) is 5.75 Å². The van der Waals surface area contributed by atoms with Gasteiger partial charge >= 0.3 is 0 Å². The molecule has 0 bridgehead atoms. The third-order valence-electron chi connectivity index (χ3n) is 3.29. The first-order valence-electron chi connectivity index (χ1n) is 7.41. The van der Waals surface area contributed by atoms with Gasteiger partial charge in [0.25, 0.3) is 0 Å². The van der Waals surface area contributed by atoms with Crippen molar-refractivity contribution in [3.63, 3.8) is 0 Å². The second kappa shape index (κ2) is 6.80. The van der Waals surface area contributed by atoms with Crippen LogP contribution in [0.4, 0.5) is 0 Å². The lowest BCUT2D eigenvalue weighted by atomic mass is 10.1. The first kappa shape index (κ1) is 16.3. The normalized spacial score (nSPS) is 13.4. The van der Waals surface area contributed by atoms with Crippen molar-refractivity contribution >= 4 is 26.7 Å². The summed E-state index contributed by atoms with van der Waals surface area (Å²) in [5, 5.41) is 5.93. The van der Waals surface area contributed by atoms with Crippen LogP contribution in [-0.4, -0.2) is 18.7 Å². The number of fused-ring (bicyclic) bond motifs is 1. The Labute approximate surface area is 136 Å². The van der Waals surface area contributed by atoms with Gasteiger partial charge in [-0.05, 0) is 55.8 Å². The molecule has 21 heavy (non-hydrogen) atoms. The molecular weight excluding hydrogens is 326 g/mol. The number of nitrogens with one attached hydrogen (secondary N) is 1. The summed E-state index contributed by atoms with van der Waals surface area (Å²) in [7, 11) is 0. The Balaban J connectivity index is 1.92. The smallest absolute Gasteiger partial charge is 0.119 e. The van der Waals surface area contributed by atoms with Gasteiger partial charge in [0.1, 0.15) is 5.75 Å². The predicted molar refractivity (Wildman–Crippen MR) is 94.1 cm³/mol. The van der Waals surface area contributed by atoms with E-state index < -0.39 is 0 Å². The number of hydrogen-bond acceptors (Lipinski definition) is 2. The SMILES string of the molecule is CC(CNC(C)(C)C)COc1ccc2cc(Br)ccc2c1. The fourth-order valence-electron chi connectivity index (χ4n) is 2.06. The second-order valence-corrected chi connectivity index (χ2v) is 7.62. The largest absolute Gasteiger partial charge is 0.493 e. The molecule has 0 saturated carbocycles. The van der Waals surface area contributed by atoms with Crippen LogP contribution in [0.15, 0.2) is 40.9 Å². The molecule has 2 aromatic carbocycles. The summed E-state index contributed by atoms with van der Waals surface area (Å²) in [4.78, 5) is 0. The Morgan fingerprint density at radius 2 is 1.76 bits per heavy atom. The number of ether oxygens (including phenoxy) is 1. The molecule has 1 unspecified atom stereocenters. The zero-order chi connectivity index (χ0) is 15.5. The lowest BCUT2D eigenvalue weighted by Gasteiger charge is -2.23. The van der Waals surface area contributed by atoms with E-state index in [0.29, 0.717) is 5.92 Å². The molecule has 0 saturated heterocycles. The Bertz CT molecular complexity index is 604. The summed E-state index contributed by atoms with van der Waals surface area (Å²) in [5.74, 6) is 1.41. The molecule has 0 aliphatic heterocycles. The number of halogens is 1. The van der Waals surface area contributed by atoms with Crippen LogP contribution in [0, 0.1) is 5.92 Å². The molecule has 2 aromatic rings. The topological polar surface area (TPSA) is 21.3 Å². The van der Waals surface area contributed by atoms with Crippen molar-refractivity contribution in [2.75, 3.05) is 13.2 Å². The highest BCUT2D eigenvalue weighted by atomic mass is 79.9. The third-order valence-corrected chi connectivity index (χ3v) is 3.78. The summed E-state index contributed by atoms with van der Waals surface area (Å²) in [5.41, 5.74) is 0.157. The number of benzene rings is 2. The molecule has 0 radical (unpaired) electrons. The second-order valence-electron chi connectivity index (χ2n) is 6.70. The molecule has 1 atom stereocenters. The number of hydrogen-bond donors (Lipinski definition) is 1. The monoisotopic (exact) mass is 349 g/mol. The molecule has 0 fully saturated rings. The van der Waals surface area contributed by atoms with Crippen LogP contribution in [-0.2, 0) is 0 Å². The quantitative estimate of drug-likeness (QED) is 0.819. The molecule has 2 rings (SSSR count). The van der Waals surface area contributed by atoms with Crippen molar-refractivity contribution in [2.24, 2.45) is 5.92 Å². The Morgan fingerprint density at radius 3 is 2.48 bits per heavy atom. The van der Waals surface area contributed by atoms with E-state index in [4.69, 9.17) is 4.74 Å². The standard InChI is InChI=1S/C18H24BrNO/c1-13(11-20-18(2,3)4)12-21-17-8-6-14-9-16(19)7-5-15(14)10-17/h5-10,13,20H,11-12H2,1-4H3. The van der Waals surface area contributed by atoms with Crippen LogP contribution >= 0.6 is 15.9 Å². The minimum Gasteiger partial charge on any atom is -0.493 e. The lowest BCUT2D eigenvalue weighted by Crippen LogP contribution is -2.39. The Hall–Kier alpha value is -1.06. The molecule has 0 heterocycles. The van der Waals surface area contributed by atoms with Gasteiger partial charge in [-0.25, -0.2) is 0 Å². The fourth-order valence-corrected chi connectivity index (χ4v) is 2.44. The van der Waals surface area contributed by atoms with Gasteiger partial charge in [-0.15, -0.1) is 0 Å². The minimum absolute atomic E-state index is 0.157. The van der Waals surface area contributed by atoms with E-state index in [9.17, 15) is 0 Å². The Morgan fingerprint density at radius 1 is 1.10 bits per heavy atom. The highest BCUT2D eigenvalue weighted by Gasteiger charge is 2.11. The maximum Gasteiger partial charge on any atom is 0.119 e. The van der Waals surface area contributed by atoms with Gasteiger partial charge in [-0.3, -0.25) is 0 Å². The summed E-state index contributed by atoms with van der Waals surface area (Å²) in [6, 6.07) is 12.5. The number of rotatable bonds is 5. The van der Waals surface area contributed by atoms with Crippen molar-refractivity contribution in [2.45, 2.75) is 33.2 Å². The molecule has 0 amide bonds. The highest BCUT2D eigenvalue weighted by molar-refractivity contribution is 9.10. The Kier molecular flexibility index (Phi) is 5.28. The molecule has 114 valence electrons. The highest BCUT2D eigenvalue weighted by Crippen LogP contribution is 2.24. The van der Waals surface area contributed by atoms with Crippen LogP contribution in [0.1, 0.15) is 27.7 Å². The molecule has 0 aliphatic carbocycles. The molecular formula is C18H24BrNO. The van der Waals surface area contributed by atoms with E-state index in [2.05, 4.69) is 79.3 Å². The van der Waals surface area contributed by atoms with Crippen molar-refractivity contribution in [3.05, 3.63) is 40.9 Å². The van der Waals surface area contributed by atoms with E-state index in [1.54, 1.807) is 0 Å². The van der Waals surface area contributed by atoms with E-state index in [1.165, 1.54) is 10.8 Å². The molecule has 3 heteroatoms. The van der Waals surface area contributed by atoms with Crippen LogP contribution in [0.2, 0.25) is 0 Å². The summed E-state index contributed by atoms with van der Waals surface area (Å²) < 4.78 is 7.02. The maximum atomic E-state index is 5.92. The summed E-state index contributed by atoms with van der Waals surface area (Å²) in [6.07, 6.45) is 0. The summed E-state index contributed by atoms with van der Waals surface area (Å²) >= 11 is 3.50. The zero-order valence-corrected chi connectivity index (χ0v) is 14.8. The van der Waals surface area contributed by atoms with Crippen molar-refractivity contribution < 1.29 is 4.74 Å². The molecule has 0 spiro atoms. The minimum atomic E-state index is 0.157. The van der Waals surface area contributed by atoms with Crippen molar-refractivity contribution in [1.82, 2.24) is 5.32 Å². The van der Waals surface area contributed by atoms with Crippen molar-refractivity contribution in [1.29, 1.82) is 0 Å². The predicted octanol–water partition coefficient (Wildman–Crippen LogP) is 5.01. The van der Waals surface area contributed by atoms with E-state index >= 15 is 0 Å². The first-order chi connectivity index (χ1) is 9.83. The van der Waals surface area contributed by atoms with Gasteiger partial charge in [-0.1, -0.05) is 35.0 Å². The lowest BCUT2D eigenvalue weighted by molar-refractivity contribution is 0.244. The van der Waals surface area contributed by atoms with Gasteiger partial charge in [-0.2, -0.15) is 0 Å². The molecule has 0 aliphatic rings. The van der Waals surface area contributed by atoms with Crippen LogP contribution < -0.4 is 10.1 Å². The van der Waals surface area contributed by atoms with Gasteiger partial charge in [0.15, 0.2) is 0 Å². The van der Waals surface area contributed by atoms with Gasteiger partial charge in [0.05, 0.1) is 6.61 Å². The summed E-state index contributed by atoms with van der Waals surface area (Å²) in [6.45, 7) is 10.4. The zero-order valence-electron chi connectivity index (χ0n) is 13.2. The average Bonchev–Trinajstić information content (AvgIpc) is 2.42. The maximum absolute atomic E-state index is 5.92.